The number of rotatable bonds is 4. The van der Waals surface area contributed by atoms with Crippen LogP contribution in [0, 0.1) is 0 Å². The summed E-state index contributed by atoms with van der Waals surface area (Å²) in [5, 5.41) is 4.18. The van der Waals surface area contributed by atoms with Crippen molar-refractivity contribution in [3.05, 3.63) is 22.4 Å². The van der Waals surface area contributed by atoms with E-state index in [0.29, 0.717) is 19.4 Å². The fourth-order valence-electron chi connectivity index (χ4n) is 2.48. The Morgan fingerprint density at radius 3 is 2.61 bits per heavy atom. The lowest BCUT2D eigenvalue weighted by Gasteiger charge is -2.43. The second-order valence-corrected chi connectivity index (χ2v) is 8.15. The predicted molar refractivity (Wildman–Crippen MR) is 75.5 cm³/mol. The molecule has 2 rings (SSSR count). The van der Waals surface area contributed by atoms with E-state index < -0.39 is 9.84 Å². The van der Waals surface area contributed by atoms with Crippen molar-refractivity contribution >= 4 is 21.2 Å². The van der Waals surface area contributed by atoms with Gasteiger partial charge in [-0.15, -0.1) is 0 Å². The van der Waals surface area contributed by atoms with Crippen LogP contribution in [0.15, 0.2) is 16.8 Å². The summed E-state index contributed by atoms with van der Waals surface area (Å²) < 4.78 is 23.1. The van der Waals surface area contributed by atoms with Crippen LogP contribution in [0.4, 0.5) is 0 Å². The van der Waals surface area contributed by atoms with Crippen LogP contribution in [0.1, 0.15) is 18.4 Å². The lowest BCUT2D eigenvalue weighted by Crippen LogP contribution is -2.55. The molecule has 0 radical (unpaired) electrons. The summed E-state index contributed by atoms with van der Waals surface area (Å²) in [5.41, 5.74) is 7.03. The highest BCUT2D eigenvalue weighted by Gasteiger charge is 2.39. The minimum absolute atomic E-state index is 0.159. The maximum absolute atomic E-state index is 11.5. The number of likely N-dealkylation sites (N-methyl/N-ethyl adjacent to an activating group) is 1. The molecule has 0 aliphatic carbocycles. The topological polar surface area (TPSA) is 63.4 Å². The van der Waals surface area contributed by atoms with Crippen LogP contribution in [0.5, 0.6) is 0 Å². The quantitative estimate of drug-likeness (QED) is 0.901. The minimum Gasteiger partial charge on any atom is -0.329 e. The van der Waals surface area contributed by atoms with E-state index in [-0.39, 0.29) is 17.0 Å². The molecule has 6 heteroatoms. The third kappa shape index (κ3) is 2.93. The maximum Gasteiger partial charge on any atom is 0.150 e. The first kappa shape index (κ1) is 14.0. The number of nitrogens with zero attached hydrogens (tertiary/aromatic N) is 1. The van der Waals surface area contributed by atoms with Crippen LogP contribution in [-0.2, 0) is 16.4 Å². The van der Waals surface area contributed by atoms with Gasteiger partial charge in [-0.2, -0.15) is 11.3 Å². The molecule has 1 aliphatic rings. The van der Waals surface area contributed by atoms with Gasteiger partial charge in [0.2, 0.25) is 0 Å². The Bertz CT molecular complexity index is 468. The molecule has 18 heavy (non-hydrogen) atoms. The van der Waals surface area contributed by atoms with Crippen LogP contribution in [0.2, 0.25) is 0 Å². The van der Waals surface area contributed by atoms with Crippen molar-refractivity contribution in [2.45, 2.75) is 24.9 Å². The zero-order valence-corrected chi connectivity index (χ0v) is 12.3. The summed E-state index contributed by atoms with van der Waals surface area (Å²) in [5.74, 6) is 0.524. The van der Waals surface area contributed by atoms with E-state index in [4.69, 9.17) is 5.73 Å². The van der Waals surface area contributed by atoms with Gasteiger partial charge in [0.25, 0.3) is 0 Å². The molecule has 0 amide bonds. The number of hydrogen-bond acceptors (Lipinski definition) is 5. The first-order chi connectivity index (χ1) is 8.47. The summed E-state index contributed by atoms with van der Waals surface area (Å²) in [6, 6.07) is 2.10. The van der Waals surface area contributed by atoms with Crippen LogP contribution in [-0.4, -0.2) is 44.0 Å². The van der Waals surface area contributed by atoms with E-state index in [1.807, 2.05) is 7.05 Å². The van der Waals surface area contributed by atoms with E-state index in [2.05, 4.69) is 21.7 Å². The molecule has 1 saturated heterocycles. The number of nitrogens with two attached hydrogens (primary N) is 1. The number of hydrogen-bond donors (Lipinski definition) is 1. The summed E-state index contributed by atoms with van der Waals surface area (Å²) in [6.07, 6.45) is 1.29. The van der Waals surface area contributed by atoms with E-state index in [1.54, 1.807) is 11.3 Å². The molecule has 2 heterocycles. The SMILES string of the molecule is CN(Cc1ccsc1)C1(CN)CCS(=O)(=O)CC1. The summed E-state index contributed by atoms with van der Waals surface area (Å²) in [6.45, 7) is 1.35. The average molecular weight is 288 g/mol. The number of thiophene rings is 1. The third-order valence-corrected chi connectivity index (χ3v) is 6.33. The van der Waals surface area contributed by atoms with Gasteiger partial charge in [-0.25, -0.2) is 8.42 Å². The maximum atomic E-state index is 11.5. The Labute approximate surface area is 113 Å². The zero-order valence-electron chi connectivity index (χ0n) is 10.6. The van der Waals surface area contributed by atoms with Crippen LogP contribution in [0.25, 0.3) is 0 Å². The van der Waals surface area contributed by atoms with Gasteiger partial charge in [0.1, 0.15) is 9.84 Å². The van der Waals surface area contributed by atoms with Gasteiger partial charge in [0.15, 0.2) is 0 Å². The van der Waals surface area contributed by atoms with Gasteiger partial charge in [0.05, 0.1) is 11.5 Å². The van der Waals surface area contributed by atoms with Crippen molar-refractivity contribution in [1.82, 2.24) is 4.90 Å². The van der Waals surface area contributed by atoms with Crippen molar-refractivity contribution in [1.29, 1.82) is 0 Å². The second kappa shape index (κ2) is 5.28. The van der Waals surface area contributed by atoms with Gasteiger partial charge < -0.3 is 5.73 Å². The molecule has 2 N–H and O–H groups in total. The minimum atomic E-state index is -2.84. The summed E-state index contributed by atoms with van der Waals surface area (Å²) in [4.78, 5) is 2.23. The Morgan fingerprint density at radius 2 is 2.11 bits per heavy atom. The van der Waals surface area contributed by atoms with E-state index >= 15 is 0 Å². The smallest absolute Gasteiger partial charge is 0.150 e. The van der Waals surface area contributed by atoms with Crippen molar-refractivity contribution in [2.75, 3.05) is 25.1 Å². The molecule has 1 aromatic heterocycles. The normalized spacial score (nSPS) is 22.2. The highest BCUT2D eigenvalue weighted by Crippen LogP contribution is 2.29. The lowest BCUT2D eigenvalue weighted by molar-refractivity contribution is 0.106. The van der Waals surface area contributed by atoms with Crippen LogP contribution >= 0.6 is 11.3 Å². The van der Waals surface area contributed by atoms with Crippen LogP contribution in [0.3, 0.4) is 0 Å². The molecule has 1 aromatic rings. The Morgan fingerprint density at radius 1 is 1.44 bits per heavy atom. The molecule has 0 atom stereocenters. The number of sulfone groups is 1. The summed E-state index contributed by atoms with van der Waals surface area (Å²) >= 11 is 1.68. The van der Waals surface area contributed by atoms with E-state index in [1.165, 1.54) is 5.56 Å². The lowest BCUT2D eigenvalue weighted by atomic mass is 9.90. The molecule has 0 spiro atoms. The molecule has 0 saturated carbocycles. The van der Waals surface area contributed by atoms with E-state index in [0.717, 1.165) is 6.54 Å². The first-order valence-electron chi connectivity index (χ1n) is 6.10. The molecule has 1 aliphatic heterocycles. The molecular weight excluding hydrogens is 268 g/mol. The Balaban J connectivity index is 2.08. The van der Waals surface area contributed by atoms with E-state index in [9.17, 15) is 8.42 Å². The van der Waals surface area contributed by atoms with Gasteiger partial charge in [0, 0.05) is 18.6 Å². The molecule has 4 nitrogen and oxygen atoms in total. The predicted octanol–water partition coefficient (Wildman–Crippen LogP) is 1.09. The fourth-order valence-corrected chi connectivity index (χ4v) is 4.73. The van der Waals surface area contributed by atoms with Gasteiger partial charge in [-0.05, 0) is 42.3 Å². The molecule has 102 valence electrons. The van der Waals surface area contributed by atoms with Gasteiger partial charge in [-0.1, -0.05) is 0 Å². The van der Waals surface area contributed by atoms with Crippen molar-refractivity contribution in [3.8, 4) is 0 Å². The standard InChI is InChI=1S/C12H20N2O2S2/c1-14(8-11-2-5-17-9-11)12(10-13)3-6-18(15,16)7-4-12/h2,5,9H,3-4,6-8,10,13H2,1H3. The zero-order chi connectivity index (χ0) is 13.2. The Hall–Kier alpha value is -0.430. The first-order valence-corrected chi connectivity index (χ1v) is 8.87. The van der Waals surface area contributed by atoms with Crippen molar-refractivity contribution in [3.63, 3.8) is 0 Å². The molecule has 1 fully saturated rings. The fraction of sp³-hybridized carbons (Fsp3) is 0.667. The highest BCUT2D eigenvalue weighted by molar-refractivity contribution is 7.91. The highest BCUT2D eigenvalue weighted by atomic mass is 32.2. The summed E-state index contributed by atoms with van der Waals surface area (Å²) in [7, 11) is -0.795. The van der Waals surface area contributed by atoms with Crippen LogP contribution < -0.4 is 5.73 Å². The largest absolute Gasteiger partial charge is 0.329 e. The third-order valence-electron chi connectivity index (χ3n) is 3.95. The molecule has 0 aromatic carbocycles. The van der Waals surface area contributed by atoms with Gasteiger partial charge >= 0.3 is 0 Å². The second-order valence-electron chi connectivity index (χ2n) is 5.07. The van der Waals surface area contributed by atoms with Crippen molar-refractivity contribution in [2.24, 2.45) is 5.73 Å². The van der Waals surface area contributed by atoms with Gasteiger partial charge in [-0.3, -0.25) is 4.90 Å². The molecule has 0 unspecified atom stereocenters. The molecular formula is C12H20N2O2S2. The monoisotopic (exact) mass is 288 g/mol. The van der Waals surface area contributed by atoms with Crippen molar-refractivity contribution < 1.29 is 8.42 Å². The molecule has 0 bridgehead atoms. The Kier molecular flexibility index (Phi) is 4.11. The average Bonchev–Trinajstić information content (AvgIpc) is 2.82.